The Morgan fingerprint density at radius 3 is 1.10 bits per heavy atom. The lowest BCUT2D eigenvalue weighted by molar-refractivity contribution is -0.476. The van der Waals surface area contributed by atoms with Crippen LogP contribution in [0.5, 0.6) is 0 Å². The minimum absolute atomic E-state index is 0.650. The highest BCUT2D eigenvalue weighted by atomic mass is 127. The number of rotatable bonds is 1. The summed E-state index contributed by atoms with van der Waals surface area (Å²) in [6.07, 6.45) is -0.912. The molecule has 0 atom stereocenters. The van der Waals surface area contributed by atoms with Crippen LogP contribution in [0.3, 0.4) is 0 Å². The third-order valence-corrected chi connectivity index (χ3v) is 3.20. The molecule has 1 aliphatic rings. The van der Waals surface area contributed by atoms with Gasteiger partial charge in [0, 0.05) is 0 Å². The van der Waals surface area contributed by atoms with Gasteiger partial charge in [-0.1, -0.05) is 0 Å². The zero-order valence-electron chi connectivity index (χ0n) is 9.61. The first kappa shape index (κ1) is 18.7. The minimum Gasteiger partial charge on any atom is -0.225 e. The standard InChI is InChI=1S/C9H4F11I/c1-3(21)2-4(10)5(11,12)7(15,16)9(19,20)8(17,18)6(4,13)14/h2H,1H3. The van der Waals surface area contributed by atoms with Crippen molar-refractivity contribution in [3.8, 4) is 0 Å². The Balaban J connectivity index is 3.87. The summed E-state index contributed by atoms with van der Waals surface area (Å²) in [5.74, 6) is -34.8. The van der Waals surface area contributed by atoms with E-state index in [-0.39, 0.29) is 0 Å². The molecule has 0 unspecified atom stereocenters. The summed E-state index contributed by atoms with van der Waals surface area (Å²) >= 11 is 0.898. The normalized spacial score (nSPS) is 31.8. The fraction of sp³-hybridized carbons (Fsp3) is 0.778. The van der Waals surface area contributed by atoms with Crippen LogP contribution in [0.2, 0.25) is 0 Å². The lowest BCUT2D eigenvalue weighted by Gasteiger charge is -2.51. The lowest BCUT2D eigenvalue weighted by Crippen LogP contribution is -2.83. The highest BCUT2D eigenvalue weighted by Crippen LogP contribution is 2.69. The summed E-state index contributed by atoms with van der Waals surface area (Å²) in [7, 11) is 0. The SMILES string of the molecule is CC(I)=CC1(F)C(F)(F)C(F)(F)C(F)(F)C(F)(F)C1(F)F. The van der Waals surface area contributed by atoms with E-state index in [0.29, 0.717) is 6.92 Å². The Bertz CT molecular complexity index is 444. The maximum absolute atomic E-state index is 13.8. The summed E-state index contributed by atoms with van der Waals surface area (Å²) in [5.41, 5.74) is -6.00. The van der Waals surface area contributed by atoms with Crippen molar-refractivity contribution in [2.75, 3.05) is 0 Å². The Labute approximate surface area is 123 Å². The van der Waals surface area contributed by atoms with Crippen molar-refractivity contribution >= 4 is 22.6 Å². The maximum Gasteiger partial charge on any atom is 0.384 e. The van der Waals surface area contributed by atoms with Crippen LogP contribution in [0.25, 0.3) is 0 Å². The van der Waals surface area contributed by atoms with E-state index >= 15 is 0 Å². The molecule has 0 saturated heterocycles. The largest absolute Gasteiger partial charge is 0.384 e. The van der Waals surface area contributed by atoms with Crippen molar-refractivity contribution in [3.63, 3.8) is 0 Å². The predicted molar refractivity (Wildman–Crippen MR) is 56.4 cm³/mol. The average Bonchev–Trinajstić information content (AvgIpc) is 2.25. The first-order chi connectivity index (χ1) is 8.92. The average molecular weight is 448 g/mol. The zero-order valence-corrected chi connectivity index (χ0v) is 11.8. The second kappa shape index (κ2) is 4.37. The van der Waals surface area contributed by atoms with Gasteiger partial charge in [0.25, 0.3) is 5.67 Å². The molecule has 0 heterocycles. The van der Waals surface area contributed by atoms with E-state index in [0.717, 1.165) is 22.6 Å². The molecule has 124 valence electrons. The van der Waals surface area contributed by atoms with Crippen LogP contribution in [0.15, 0.2) is 9.66 Å². The summed E-state index contributed by atoms with van der Waals surface area (Å²) in [6.45, 7) is 0.650. The van der Waals surface area contributed by atoms with Gasteiger partial charge in [0.1, 0.15) is 0 Å². The van der Waals surface area contributed by atoms with Gasteiger partial charge < -0.3 is 0 Å². The first-order valence-electron chi connectivity index (χ1n) is 4.85. The Morgan fingerprint density at radius 1 is 0.619 bits per heavy atom. The van der Waals surface area contributed by atoms with E-state index in [1.54, 1.807) is 0 Å². The molecule has 0 aliphatic heterocycles. The zero-order chi connectivity index (χ0) is 17.3. The summed E-state index contributed by atoms with van der Waals surface area (Å²) in [4.78, 5) is 0. The van der Waals surface area contributed by atoms with Gasteiger partial charge in [0.2, 0.25) is 0 Å². The van der Waals surface area contributed by atoms with Gasteiger partial charge in [0.05, 0.1) is 0 Å². The number of hydrogen-bond acceptors (Lipinski definition) is 0. The van der Waals surface area contributed by atoms with Gasteiger partial charge in [-0.25, -0.2) is 4.39 Å². The van der Waals surface area contributed by atoms with Crippen molar-refractivity contribution in [3.05, 3.63) is 9.66 Å². The number of hydrogen-bond donors (Lipinski definition) is 0. The molecule has 0 nitrogen and oxygen atoms in total. The molecule has 0 aromatic rings. The highest BCUT2D eigenvalue weighted by molar-refractivity contribution is 14.1. The van der Waals surface area contributed by atoms with Crippen molar-refractivity contribution in [2.45, 2.75) is 42.2 Å². The fourth-order valence-electron chi connectivity index (χ4n) is 1.70. The second-order valence-corrected chi connectivity index (χ2v) is 6.02. The fourth-order valence-corrected chi connectivity index (χ4v) is 2.13. The molecule has 1 rings (SSSR count). The molecule has 0 radical (unpaired) electrons. The Morgan fingerprint density at radius 2 is 0.857 bits per heavy atom. The molecule has 0 spiro atoms. The van der Waals surface area contributed by atoms with E-state index in [4.69, 9.17) is 0 Å². The topological polar surface area (TPSA) is 0 Å². The van der Waals surface area contributed by atoms with Gasteiger partial charge in [-0.05, 0) is 39.2 Å². The van der Waals surface area contributed by atoms with Crippen LogP contribution in [0, 0.1) is 0 Å². The monoisotopic (exact) mass is 448 g/mol. The van der Waals surface area contributed by atoms with Gasteiger partial charge in [-0.3, -0.25) is 0 Å². The third-order valence-electron chi connectivity index (χ3n) is 2.89. The predicted octanol–water partition coefficient (Wildman–Crippen LogP) is 5.22. The van der Waals surface area contributed by atoms with E-state index in [1.165, 1.54) is 0 Å². The van der Waals surface area contributed by atoms with Crippen molar-refractivity contribution in [1.82, 2.24) is 0 Å². The summed E-state index contributed by atoms with van der Waals surface area (Å²) < 4.78 is 143. The highest BCUT2D eigenvalue weighted by Gasteiger charge is 3.00. The Hall–Kier alpha value is -0.300. The van der Waals surface area contributed by atoms with E-state index in [1.807, 2.05) is 0 Å². The van der Waals surface area contributed by atoms with Gasteiger partial charge in [-0.2, -0.15) is 43.9 Å². The van der Waals surface area contributed by atoms with Crippen LogP contribution in [0.4, 0.5) is 48.3 Å². The molecule has 0 bridgehead atoms. The third kappa shape index (κ3) is 1.79. The molecule has 0 N–H and O–H groups in total. The number of halogens is 12. The molecule has 0 aromatic carbocycles. The van der Waals surface area contributed by atoms with Crippen LogP contribution in [-0.4, -0.2) is 35.3 Å². The van der Waals surface area contributed by atoms with Gasteiger partial charge in [0.15, 0.2) is 0 Å². The molecular formula is C9H4F11I. The van der Waals surface area contributed by atoms with Crippen LogP contribution < -0.4 is 0 Å². The summed E-state index contributed by atoms with van der Waals surface area (Å²) in [6, 6.07) is 0. The minimum atomic E-state index is -7.16. The van der Waals surface area contributed by atoms with Crippen LogP contribution in [0.1, 0.15) is 6.92 Å². The second-order valence-electron chi connectivity index (χ2n) is 4.31. The first-order valence-corrected chi connectivity index (χ1v) is 5.92. The molecule has 1 saturated carbocycles. The van der Waals surface area contributed by atoms with E-state index in [9.17, 15) is 48.3 Å². The molecule has 0 amide bonds. The smallest absolute Gasteiger partial charge is 0.225 e. The van der Waals surface area contributed by atoms with Crippen LogP contribution in [-0.2, 0) is 0 Å². The van der Waals surface area contributed by atoms with Gasteiger partial charge >= 0.3 is 29.6 Å². The number of allylic oxidation sites excluding steroid dienone is 2. The quantitative estimate of drug-likeness (QED) is 0.381. The van der Waals surface area contributed by atoms with E-state index < -0.39 is 44.9 Å². The molecule has 1 aliphatic carbocycles. The molecule has 1 fully saturated rings. The maximum atomic E-state index is 13.8. The van der Waals surface area contributed by atoms with Crippen LogP contribution >= 0.6 is 22.6 Å². The lowest BCUT2D eigenvalue weighted by atomic mass is 9.72. The molecular weight excluding hydrogens is 444 g/mol. The van der Waals surface area contributed by atoms with Crippen molar-refractivity contribution < 1.29 is 48.3 Å². The molecule has 0 aromatic heterocycles. The molecule has 21 heavy (non-hydrogen) atoms. The number of alkyl halides is 11. The van der Waals surface area contributed by atoms with Crippen molar-refractivity contribution in [1.29, 1.82) is 0 Å². The Kier molecular flexibility index (Phi) is 3.90. The van der Waals surface area contributed by atoms with E-state index in [2.05, 4.69) is 0 Å². The van der Waals surface area contributed by atoms with Gasteiger partial charge in [-0.15, -0.1) is 0 Å². The van der Waals surface area contributed by atoms with Crippen molar-refractivity contribution in [2.24, 2.45) is 0 Å². The summed E-state index contributed by atoms with van der Waals surface area (Å²) in [5, 5.41) is 0. The molecule has 12 heteroatoms.